The Morgan fingerprint density at radius 3 is 2.00 bits per heavy atom. The molecule has 3 aromatic rings. The molecule has 0 aromatic heterocycles. The molecule has 0 N–H and O–H groups in total. The third-order valence-electron chi connectivity index (χ3n) is 6.29. The van der Waals surface area contributed by atoms with Crippen LogP contribution in [-0.2, 0) is 26.6 Å². The van der Waals surface area contributed by atoms with Crippen LogP contribution in [0.25, 0.3) is 0 Å². The maximum Gasteiger partial charge on any atom is 0.220 e. The predicted molar refractivity (Wildman–Crippen MR) is 115 cm³/mol. The Bertz CT molecular complexity index is 926. The molecule has 0 radical (unpaired) electrons. The van der Waals surface area contributed by atoms with E-state index in [0.717, 1.165) is 18.4 Å². The summed E-state index contributed by atoms with van der Waals surface area (Å²) >= 11 is 0. The number of hydrogen-bond donors (Lipinski definition) is 0. The summed E-state index contributed by atoms with van der Waals surface area (Å²) < 4.78 is 0. The van der Waals surface area contributed by atoms with E-state index in [2.05, 4.69) is 42.5 Å². The molecular weight excluding hydrogens is 374 g/mol. The molecule has 0 bridgehead atoms. The monoisotopic (exact) mass is 401 g/mol. The van der Waals surface area contributed by atoms with E-state index in [1.54, 1.807) is 0 Å². The molecule has 30 heavy (non-hydrogen) atoms. The molecule has 1 aliphatic carbocycles. The summed E-state index contributed by atoms with van der Waals surface area (Å²) in [5.41, 5.74) is 3.24. The number of benzene rings is 3. The topological polar surface area (TPSA) is 30.9 Å². The van der Waals surface area contributed by atoms with Crippen LogP contribution in [0, 0.1) is 0 Å². The molecule has 0 amide bonds. The second kappa shape index (κ2) is 8.70. The van der Waals surface area contributed by atoms with E-state index in [1.807, 2.05) is 53.6 Å². The summed E-state index contributed by atoms with van der Waals surface area (Å²) in [6.45, 7) is 0.616. The first kappa shape index (κ1) is 19.5. The van der Waals surface area contributed by atoms with Crippen molar-refractivity contribution in [2.24, 2.45) is 0 Å². The Balaban J connectivity index is 1.46. The van der Waals surface area contributed by atoms with Crippen LogP contribution >= 0.6 is 0 Å². The van der Waals surface area contributed by atoms with Crippen LogP contribution in [-0.4, -0.2) is 11.4 Å². The molecular formula is C26H27NO3. The van der Waals surface area contributed by atoms with Crippen LogP contribution in [0.2, 0.25) is 0 Å². The summed E-state index contributed by atoms with van der Waals surface area (Å²) in [4.78, 5) is 18.6. The third kappa shape index (κ3) is 3.80. The van der Waals surface area contributed by atoms with Crippen molar-refractivity contribution in [3.05, 3.63) is 108 Å². The Labute approximate surface area is 177 Å². The highest BCUT2D eigenvalue weighted by atomic mass is 17.3. The second-order valence-corrected chi connectivity index (χ2v) is 8.18. The number of rotatable bonds is 5. The molecule has 5 rings (SSSR count). The molecule has 154 valence electrons. The molecule has 2 aliphatic rings. The molecule has 2 unspecified atom stereocenters. The van der Waals surface area contributed by atoms with Gasteiger partial charge in [0.05, 0.1) is 12.0 Å². The van der Waals surface area contributed by atoms with Gasteiger partial charge in [0.15, 0.2) is 6.23 Å². The fourth-order valence-electron chi connectivity index (χ4n) is 4.70. The van der Waals surface area contributed by atoms with Gasteiger partial charge in [-0.25, -0.2) is 4.89 Å². The fourth-order valence-corrected chi connectivity index (χ4v) is 4.70. The van der Waals surface area contributed by atoms with Gasteiger partial charge in [-0.05, 0) is 24.0 Å². The largest absolute Gasteiger partial charge is 0.260 e. The van der Waals surface area contributed by atoms with Gasteiger partial charge in [0, 0.05) is 5.56 Å². The summed E-state index contributed by atoms with van der Waals surface area (Å²) in [5.74, 6) is 0. The van der Waals surface area contributed by atoms with Crippen molar-refractivity contribution in [2.75, 3.05) is 0 Å². The first-order valence-corrected chi connectivity index (χ1v) is 10.8. The molecule has 2 atom stereocenters. The van der Waals surface area contributed by atoms with Crippen molar-refractivity contribution in [1.82, 2.24) is 5.06 Å². The van der Waals surface area contributed by atoms with Crippen molar-refractivity contribution >= 4 is 0 Å². The number of hydroxylamine groups is 2. The van der Waals surface area contributed by atoms with E-state index in [1.165, 1.54) is 24.0 Å². The van der Waals surface area contributed by atoms with Crippen LogP contribution in [0.4, 0.5) is 0 Å². The maximum absolute atomic E-state index is 6.59. The average molecular weight is 402 g/mol. The van der Waals surface area contributed by atoms with Crippen molar-refractivity contribution < 1.29 is 14.6 Å². The molecule has 3 aromatic carbocycles. The quantitative estimate of drug-likeness (QED) is 0.497. The van der Waals surface area contributed by atoms with Crippen LogP contribution in [0.5, 0.6) is 0 Å². The minimum atomic E-state index is -0.480. The van der Waals surface area contributed by atoms with E-state index in [4.69, 9.17) is 14.6 Å². The van der Waals surface area contributed by atoms with Gasteiger partial charge in [-0.1, -0.05) is 104 Å². The lowest BCUT2D eigenvalue weighted by Gasteiger charge is -2.44. The Hall–Kier alpha value is -2.50. The summed E-state index contributed by atoms with van der Waals surface area (Å²) in [5, 5.41) is 1.93. The molecule has 4 heteroatoms. The second-order valence-electron chi connectivity index (χ2n) is 8.18. The number of hydrogen-bond acceptors (Lipinski definition) is 4. The fraction of sp³-hybridized carbons (Fsp3) is 0.308. The maximum atomic E-state index is 6.59. The zero-order valence-corrected chi connectivity index (χ0v) is 17.0. The van der Waals surface area contributed by atoms with E-state index in [0.29, 0.717) is 6.54 Å². The van der Waals surface area contributed by atoms with Gasteiger partial charge in [0.1, 0.15) is 0 Å². The van der Waals surface area contributed by atoms with Gasteiger partial charge in [0.25, 0.3) is 0 Å². The molecule has 1 saturated carbocycles. The lowest BCUT2D eigenvalue weighted by molar-refractivity contribution is -0.542. The Morgan fingerprint density at radius 1 is 0.733 bits per heavy atom. The van der Waals surface area contributed by atoms with Crippen LogP contribution in [0.15, 0.2) is 91.0 Å². The first-order chi connectivity index (χ1) is 14.9. The highest BCUT2D eigenvalue weighted by molar-refractivity contribution is 5.28. The molecule has 2 fully saturated rings. The predicted octanol–water partition coefficient (Wildman–Crippen LogP) is 5.92. The van der Waals surface area contributed by atoms with Crippen LogP contribution < -0.4 is 0 Å². The summed E-state index contributed by atoms with van der Waals surface area (Å²) in [7, 11) is 0. The Morgan fingerprint density at radius 2 is 1.33 bits per heavy atom. The lowest BCUT2D eigenvalue weighted by atomic mass is 9.78. The minimum Gasteiger partial charge on any atom is -0.260 e. The van der Waals surface area contributed by atoms with E-state index in [-0.39, 0.29) is 5.41 Å². The third-order valence-corrected chi connectivity index (χ3v) is 6.29. The van der Waals surface area contributed by atoms with Crippen molar-refractivity contribution in [3.63, 3.8) is 0 Å². The van der Waals surface area contributed by atoms with E-state index in [9.17, 15) is 0 Å². The summed E-state index contributed by atoms with van der Waals surface area (Å²) in [6, 6.07) is 31.0. The van der Waals surface area contributed by atoms with E-state index >= 15 is 0 Å². The van der Waals surface area contributed by atoms with Gasteiger partial charge >= 0.3 is 0 Å². The first-order valence-electron chi connectivity index (χ1n) is 10.8. The highest BCUT2D eigenvalue weighted by Crippen LogP contribution is 2.48. The van der Waals surface area contributed by atoms with Crippen molar-refractivity contribution in [2.45, 2.75) is 50.2 Å². The van der Waals surface area contributed by atoms with Crippen LogP contribution in [0.1, 0.15) is 48.6 Å². The SMILES string of the molecule is c1ccc(CN2OC(C3(c4ccccc4)CCCC3)OOC2c2ccccc2)cc1. The Kier molecular flexibility index (Phi) is 5.65. The minimum absolute atomic E-state index is 0.197. The molecule has 0 spiro atoms. The lowest BCUT2D eigenvalue weighted by Crippen LogP contribution is -2.50. The highest BCUT2D eigenvalue weighted by Gasteiger charge is 2.49. The van der Waals surface area contributed by atoms with Crippen LogP contribution in [0.3, 0.4) is 0 Å². The normalized spacial score (nSPS) is 24.0. The molecule has 1 aliphatic heterocycles. The molecule has 1 saturated heterocycles. The number of nitrogens with zero attached hydrogens (tertiary/aromatic N) is 1. The van der Waals surface area contributed by atoms with Crippen molar-refractivity contribution in [1.29, 1.82) is 0 Å². The standard InChI is InChI=1S/C26H27NO3/c1-4-12-21(13-5-1)20-27-24(22-14-6-2-7-15-22)29-30-25(28-27)26(18-10-11-19-26)23-16-8-3-9-17-23/h1-9,12-17,24-25H,10-11,18-20H2. The zero-order valence-electron chi connectivity index (χ0n) is 17.0. The smallest absolute Gasteiger partial charge is 0.220 e. The van der Waals surface area contributed by atoms with Gasteiger partial charge < -0.3 is 0 Å². The zero-order chi connectivity index (χ0) is 20.2. The van der Waals surface area contributed by atoms with Gasteiger partial charge in [0.2, 0.25) is 6.29 Å². The molecule has 4 nitrogen and oxygen atoms in total. The van der Waals surface area contributed by atoms with Crippen molar-refractivity contribution in [3.8, 4) is 0 Å². The van der Waals surface area contributed by atoms with Gasteiger partial charge in [-0.2, -0.15) is 4.89 Å². The average Bonchev–Trinajstić information content (AvgIpc) is 3.32. The van der Waals surface area contributed by atoms with E-state index < -0.39 is 12.5 Å². The van der Waals surface area contributed by atoms with Gasteiger partial charge in [-0.3, -0.25) is 4.84 Å². The summed E-state index contributed by atoms with van der Waals surface area (Å²) in [6.07, 6.45) is 3.49. The van der Waals surface area contributed by atoms with Gasteiger partial charge in [-0.15, -0.1) is 5.06 Å². The molecule has 1 heterocycles.